The zero-order valence-electron chi connectivity index (χ0n) is 13.8. The molecule has 1 aromatic heterocycles. The van der Waals surface area contributed by atoms with Crippen molar-refractivity contribution in [1.82, 2.24) is 10.6 Å². The third kappa shape index (κ3) is 4.14. The van der Waals surface area contributed by atoms with E-state index >= 15 is 0 Å². The number of carbonyl (C=O) groups excluding carboxylic acids is 1. The van der Waals surface area contributed by atoms with Gasteiger partial charge in [-0.2, -0.15) is 0 Å². The Labute approximate surface area is 146 Å². The van der Waals surface area contributed by atoms with Crippen molar-refractivity contribution >= 4 is 28.9 Å². The number of amides is 1. The SMILES string of the molecule is CN=C(NCc1ccc(N2CCCC2=O)cc1)NCc1cccs1. The minimum Gasteiger partial charge on any atom is -0.352 e. The zero-order valence-corrected chi connectivity index (χ0v) is 14.6. The average Bonchev–Trinajstić information content (AvgIpc) is 3.27. The highest BCUT2D eigenvalue weighted by Gasteiger charge is 2.21. The van der Waals surface area contributed by atoms with E-state index in [4.69, 9.17) is 0 Å². The summed E-state index contributed by atoms with van der Waals surface area (Å²) in [6.45, 7) is 2.29. The first-order valence-corrected chi connectivity index (χ1v) is 9.00. The van der Waals surface area contributed by atoms with Gasteiger partial charge in [-0.05, 0) is 35.6 Å². The molecule has 0 unspecified atom stereocenters. The third-order valence-corrected chi connectivity index (χ3v) is 4.89. The van der Waals surface area contributed by atoms with E-state index in [-0.39, 0.29) is 5.91 Å². The van der Waals surface area contributed by atoms with Crippen LogP contribution in [0.25, 0.3) is 0 Å². The van der Waals surface area contributed by atoms with Gasteiger partial charge in [0.05, 0.1) is 6.54 Å². The lowest BCUT2D eigenvalue weighted by Gasteiger charge is -2.16. The molecule has 126 valence electrons. The second kappa shape index (κ2) is 7.97. The van der Waals surface area contributed by atoms with E-state index in [2.05, 4.69) is 39.2 Å². The molecule has 0 saturated carbocycles. The summed E-state index contributed by atoms with van der Waals surface area (Å²) in [6.07, 6.45) is 1.61. The van der Waals surface area contributed by atoms with Crippen LogP contribution in [0.3, 0.4) is 0 Å². The molecule has 1 fully saturated rings. The maximum Gasteiger partial charge on any atom is 0.227 e. The summed E-state index contributed by atoms with van der Waals surface area (Å²) in [5.41, 5.74) is 2.14. The summed E-state index contributed by atoms with van der Waals surface area (Å²) < 4.78 is 0. The van der Waals surface area contributed by atoms with Gasteiger partial charge >= 0.3 is 0 Å². The summed E-state index contributed by atoms with van der Waals surface area (Å²) >= 11 is 1.73. The second-order valence-corrected chi connectivity index (χ2v) is 6.71. The smallest absolute Gasteiger partial charge is 0.227 e. The summed E-state index contributed by atoms with van der Waals surface area (Å²) in [5.74, 6) is 1.00. The average molecular weight is 342 g/mol. The predicted molar refractivity (Wildman–Crippen MR) is 99.4 cm³/mol. The normalized spacial score (nSPS) is 15.0. The first-order chi connectivity index (χ1) is 11.8. The topological polar surface area (TPSA) is 56.7 Å². The highest BCUT2D eigenvalue weighted by atomic mass is 32.1. The second-order valence-electron chi connectivity index (χ2n) is 5.67. The number of anilines is 1. The number of hydrogen-bond acceptors (Lipinski definition) is 3. The molecule has 0 spiro atoms. The molecule has 3 rings (SSSR count). The van der Waals surface area contributed by atoms with Gasteiger partial charge in [-0.3, -0.25) is 9.79 Å². The molecule has 2 N–H and O–H groups in total. The Morgan fingerprint density at radius 2 is 2.00 bits per heavy atom. The van der Waals surface area contributed by atoms with Gasteiger partial charge < -0.3 is 15.5 Å². The molecule has 0 radical (unpaired) electrons. The van der Waals surface area contributed by atoms with Crippen molar-refractivity contribution in [2.24, 2.45) is 4.99 Å². The van der Waals surface area contributed by atoms with Crippen LogP contribution >= 0.6 is 11.3 Å². The van der Waals surface area contributed by atoms with Crippen LogP contribution in [-0.2, 0) is 17.9 Å². The summed E-state index contributed by atoms with van der Waals surface area (Å²) in [4.78, 5) is 19.1. The van der Waals surface area contributed by atoms with Crippen LogP contribution < -0.4 is 15.5 Å². The Bertz CT molecular complexity index is 694. The van der Waals surface area contributed by atoms with E-state index in [9.17, 15) is 4.79 Å². The molecule has 1 aliphatic heterocycles. The molecule has 6 heteroatoms. The predicted octanol–water partition coefficient (Wildman–Crippen LogP) is 2.74. The lowest BCUT2D eigenvalue weighted by atomic mass is 10.2. The van der Waals surface area contributed by atoms with Gasteiger partial charge in [0, 0.05) is 37.1 Å². The van der Waals surface area contributed by atoms with Crippen molar-refractivity contribution < 1.29 is 4.79 Å². The number of aliphatic imine (C=N–C) groups is 1. The van der Waals surface area contributed by atoms with Crippen molar-refractivity contribution in [2.45, 2.75) is 25.9 Å². The molecule has 1 saturated heterocycles. The standard InChI is InChI=1S/C18H22N4OS/c1-19-18(21-13-16-4-3-11-24-16)20-12-14-6-8-15(9-7-14)22-10-2-5-17(22)23/h3-4,6-9,11H,2,5,10,12-13H2,1H3,(H2,19,20,21). The van der Waals surface area contributed by atoms with Gasteiger partial charge in [-0.1, -0.05) is 18.2 Å². The largest absolute Gasteiger partial charge is 0.352 e. The Morgan fingerprint density at radius 1 is 1.21 bits per heavy atom. The van der Waals surface area contributed by atoms with E-state index in [0.29, 0.717) is 13.0 Å². The maximum atomic E-state index is 11.8. The molecule has 0 bridgehead atoms. The van der Waals surface area contributed by atoms with Crippen molar-refractivity contribution in [2.75, 3.05) is 18.5 Å². The number of hydrogen-bond donors (Lipinski definition) is 2. The zero-order chi connectivity index (χ0) is 16.8. The fourth-order valence-electron chi connectivity index (χ4n) is 2.71. The molecule has 2 aromatic rings. The Balaban J connectivity index is 1.51. The van der Waals surface area contributed by atoms with Crippen LogP contribution in [-0.4, -0.2) is 25.5 Å². The molecule has 0 aliphatic carbocycles. The van der Waals surface area contributed by atoms with E-state index in [1.165, 1.54) is 4.88 Å². The Kier molecular flexibility index (Phi) is 5.48. The molecule has 24 heavy (non-hydrogen) atoms. The minimum absolute atomic E-state index is 0.221. The van der Waals surface area contributed by atoms with Gasteiger partial charge in [0.25, 0.3) is 0 Å². The number of benzene rings is 1. The fourth-order valence-corrected chi connectivity index (χ4v) is 3.35. The molecular formula is C18H22N4OS. The van der Waals surface area contributed by atoms with Gasteiger partial charge in [-0.15, -0.1) is 11.3 Å². The van der Waals surface area contributed by atoms with Crippen molar-refractivity contribution in [3.8, 4) is 0 Å². The minimum atomic E-state index is 0.221. The van der Waals surface area contributed by atoms with Gasteiger partial charge in [0.1, 0.15) is 0 Å². The van der Waals surface area contributed by atoms with E-state index in [1.807, 2.05) is 23.1 Å². The number of nitrogens with one attached hydrogen (secondary N) is 2. The molecule has 1 aromatic carbocycles. The number of carbonyl (C=O) groups is 1. The lowest BCUT2D eigenvalue weighted by molar-refractivity contribution is -0.117. The van der Waals surface area contributed by atoms with Crippen molar-refractivity contribution in [3.63, 3.8) is 0 Å². The molecular weight excluding hydrogens is 320 g/mol. The van der Waals surface area contributed by atoms with Crippen LogP contribution in [0.4, 0.5) is 5.69 Å². The number of guanidine groups is 1. The number of rotatable bonds is 5. The fraction of sp³-hybridized carbons (Fsp3) is 0.333. The van der Waals surface area contributed by atoms with Gasteiger partial charge in [0.2, 0.25) is 5.91 Å². The summed E-state index contributed by atoms with van der Waals surface area (Å²) in [7, 11) is 1.77. The van der Waals surface area contributed by atoms with Crippen LogP contribution in [0.1, 0.15) is 23.3 Å². The molecule has 5 nitrogen and oxygen atoms in total. The van der Waals surface area contributed by atoms with Crippen LogP contribution in [0.15, 0.2) is 46.8 Å². The van der Waals surface area contributed by atoms with Crippen molar-refractivity contribution in [3.05, 3.63) is 52.2 Å². The molecule has 2 heterocycles. The number of nitrogens with zero attached hydrogens (tertiary/aromatic N) is 2. The molecule has 1 aliphatic rings. The first kappa shape index (κ1) is 16.5. The monoisotopic (exact) mass is 342 g/mol. The highest BCUT2D eigenvalue weighted by molar-refractivity contribution is 7.09. The van der Waals surface area contributed by atoms with Crippen LogP contribution in [0, 0.1) is 0 Å². The highest BCUT2D eigenvalue weighted by Crippen LogP contribution is 2.21. The summed E-state index contributed by atoms with van der Waals surface area (Å²) in [6, 6.07) is 12.3. The van der Waals surface area contributed by atoms with E-state index < -0.39 is 0 Å². The van der Waals surface area contributed by atoms with Gasteiger partial charge in [0.15, 0.2) is 5.96 Å². The maximum absolute atomic E-state index is 11.8. The first-order valence-electron chi connectivity index (χ1n) is 8.12. The Morgan fingerprint density at radius 3 is 2.62 bits per heavy atom. The van der Waals surface area contributed by atoms with Gasteiger partial charge in [-0.25, -0.2) is 0 Å². The lowest BCUT2D eigenvalue weighted by Crippen LogP contribution is -2.36. The number of thiophene rings is 1. The van der Waals surface area contributed by atoms with E-state index in [1.54, 1.807) is 18.4 Å². The van der Waals surface area contributed by atoms with Crippen molar-refractivity contribution in [1.29, 1.82) is 0 Å². The van der Waals surface area contributed by atoms with Crippen LogP contribution in [0.2, 0.25) is 0 Å². The molecule has 1 amide bonds. The van der Waals surface area contributed by atoms with Crippen LogP contribution in [0.5, 0.6) is 0 Å². The van der Waals surface area contributed by atoms with E-state index in [0.717, 1.165) is 36.7 Å². The Hall–Kier alpha value is -2.34. The summed E-state index contributed by atoms with van der Waals surface area (Å²) in [5, 5.41) is 8.68. The quantitative estimate of drug-likeness (QED) is 0.649. The third-order valence-electron chi connectivity index (χ3n) is 4.02. The molecule has 0 atom stereocenters.